The first-order valence-corrected chi connectivity index (χ1v) is 7.28. The zero-order valence-corrected chi connectivity index (χ0v) is 12.3. The van der Waals surface area contributed by atoms with Crippen molar-refractivity contribution in [3.8, 4) is 0 Å². The lowest BCUT2D eigenvalue weighted by Gasteiger charge is -2.17. The number of fused-ring (bicyclic) bond motifs is 1. The van der Waals surface area contributed by atoms with Crippen LogP contribution in [0.2, 0.25) is 0 Å². The van der Waals surface area contributed by atoms with Gasteiger partial charge in [-0.25, -0.2) is 0 Å². The normalized spacial score (nSPS) is 12.0. The highest BCUT2D eigenvalue weighted by Gasteiger charge is 2.19. The predicted molar refractivity (Wildman–Crippen MR) is 87.2 cm³/mol. The third kappa shape index (κ3) is 3.40. The Balaban J connectivity index is 1.83. The number of carboxylic acid groups (broad SMARTS) is 1. The summed E-state index contributed by atoms with van der Waals surface area (Å²) in [4.78, 5) is 26.6. The fraction of sp³-hybridized carbons (Fsp3) is 0.111. The maximum absolute atomic E-state index is 12.5. The number of benzene rings is 2. The van der Waals surface area contributed by atoms with Crippen LogP contribution in [0.25, 0.3) is 10.9 Å². The van der Waals surface area contributed by atoms with Crippen LogP contribution >= 0.6 is 0 Å². The molecule has 1 aromatic heterocycles. The molecule has 3 N–H and O–H groups in total. The molecule has 0 unspecified atom stereocenters. The SMILES string of the molecule is O=C(O)C[C@H](NC(=O)c1ccc2[nH]ccc2c1)c1ccccc1. The minimum Gasteiger partial charge on any atom is -0.481 e. The Bertz CT molecular complexity index is 840. The van der Waals surface area contributed by atoms with E-state index >= 15 is 0 Å². The number of rotatable bonds is 5. The quantitative estimate of drug-likeness (QED) is 0.677. The number of H-pyrrole nitrogens is 1. The van der Waals surface area contributed by atoms with Gasteiger partial charge in [0.2, 0.25) is 0 Å². The maximum atomic E-state index is 12.5. The summed E-state index contributed by atoms with van der Waals surface area (Å²) in [6.07, 6.45) is 1.64. The molecule has 1 heterocycles. The Labute approximate surface area is 133 Å². The van der Waals surface area contributed by atoms with Crippen molar-refractivity contribution in [1.29, 1.82) is 0 Å². The Kier molecular flexibility index (Phi) is 4.10. The summed E-state index contributed by atoms with van der Waals surface area (Å²) < 4.78 is 0. The number of nitrogens with one attached hydrogen (secondary N) is 2. The van der Waals surface area contributed by atoms with Gasteiger partial charge < -0.3 is 15.4 Å². The standard InChI is InChI=1S/C18H16N2O3/c21-17(22)11-16(12-4-2-1-3-5-12)20-18(23)14-6-7-15-13(10-14)8-9-19-15/h1-10,16,19H,11H2,(H,20,23)(H,21,22)/t16-/m0/s1. The minimum absolute atomic E-state index is 0.165. The van der Waals surface area contributed by atoms with Crippen LogP contribution < -0.4 is 5.32 Å². The molecule has 0 aliphatic rings. The van der Waals surface area contributed by atoms with Crippen LogP contribution in [0, 0.1) is 0 Å². The molecule has 0 aliphatic heterocycles. The number of carbonyl (C=O) groups is 2. The highest BCUT2D eigenvalue weighted by atomic mass is 16.4. The molecule has 1 amide bonds. The molecule has 3 aromatic rings. The van der Waals surface area contributed by atoms with Gasteiger partial charge >= 0.3 is 5.97 Å². The number of aromatic amines is 1. The zero-order chi connectivity index (χ0) is 16.2. The fourth-order valence-electron chi connectivity index (χ4n) is 2.55. The van der Waals surface area contributed by atoms with Gasteiger partial charge in [-0.05, 0) is 29.8 Å². The molecule has 0 saturated heterocycles. The summed E-state index contributed by atoms with van der Waals surface area (Å²) in [7, 11) is 0. The van der Waals surface area contributed by atoms with Gasteiger partial charge in [0.1, 0.15) is 0 Å². The number of carbonyl (C=O) groups excluding carboxylic acids is 1. The zero-order valence-electron chi connectivity index (χ0n) is 12.3. The molecule has 0 aliphatic carbocycles. The Morgan fingerprint density at radius 3 is 2.61 bits per heavy atom. The smallest absolute Gasteiger partial charge is 0.305 e. The second-order valence-electron chi connectivity index (χ2n) is 5.31. The second-order valence-corrected chi connectivity index (χ2v) is 5.31. The van der Waals surface area contributed by atoms with Gasteiger partial charge in [0.15, 0.2) is 0 Å². The van der Waals surface area contributed by atoms with Crippen LogP contribution in [0.15, 0.2) is 60.8 Å². The van der Waals surface area contributed by atoms with E-state index in [0.717, 1.165) is 16.5 Å². The lowest BCUT2D eigenvalue weighted by molar-refractivity contribution is -0.137. The lowest BCUT2D eigenvalue weighted by Crippen LogP contribution is -2.30. The van der Waals surface area contributed by atoms with Crippen molar-refractivity contribution in [2.75, 3.05) is 0 Å². The minimum atomic E-state index is -0.958. The van der Waals surface area contributed by atoms with Crippen molar-refractivity contribution >= 4 is 22.8 Å². The predicted octanol–water partition coefficient (Wildman–Crippen LogP) is 3.11. The van der Waals surface area contributed by atoms with Crippen LogP contribution in [0.5, 0.6) is 0 Å². The van der Waals surface area contributed by atoms with Crippen molar-refractivity contribution in [3.05, 3.63) is 71.9 Å². The summed E-state index contributed by atoms with van der Waals surface area (Å²) >= 11 is 0. The van der Waals surface area contributed by atoms with Crippen molar-refractivity contribution < 1.29 is 14.7 Å². The monoisotopic (exact) mass is 308 g/mol. The number of carboxylic acids is 1. The number of hydrogen-bond donors (Lipinski definition) is 3. The summed E-state index contributed by atoms with van der Waals surface area (Å²) in [5.74, 6) is -1.25. The number of aliphatic carboxylic acids is 1. The molecule has 3 rings (SSSR count). The molecule has 23 heavy (non-hydrogen) atoms. The first-order chi connectivity index (χ1) is 11.1. The third-order valence-electron chi connectivity index (χ3n) is 3.70. The van der Waals surface area contributed by atoms with E-state index in [4.69, 9.17) is 5.11 Å². The largest absolute Gasteiger partial charge is 0.481 e. The Morgan fingerprint density at radius 1 is 1.09 bits per heavy atom. The van der Waals surface area contributed by atoms with E-state index in [9.17, 15) is 9.59 Å². The van der Waals surface area contributed by atoms with Gasteiger partial charge in [0, 0.05) is 22.7 Å². The summed E-state index contributed by atoms with van der Waals surface area (Å²) in [6, 6.07) is 15.8. The number of amides is 1. The third-order valence-corrected chi connectivity index (χ3v) is 3.70. The van der Waals surface area contributed by atoms with E-state index in [2.05, 4.69) is 10.3 Å². The van der Waals surface area contributed by atoms with Gasteiger partial charge in [0.05, 0.1) is 12.5 Å². The van der Waals surface area contributed by atoms with Crippen molar-refractivity contribution in [1.82, 2.24) is 10.3 Å². The summed E-state index contributed by atoms with van der Waals surface area (Å²) in [6.45, 7) is 0. The molecule has 0 fully saturated rings. The Morgan fingerprint density at radius 2 is 1.87 bits per heavy atom. The molecule has 2 aromatic carbocycles. The molecular weight excluding hydrogens is 292 g/mol. The fourth-order valence-corrected chi connectivity index (χ4v) is 2.55. The van der Waals surface area contributed by atoms with Gasteiger partial charge in [0.25, 0.3) is 5.91 Å². The van der Waals surface area contributed by atoms with Gasteiger partial charge in [-0.1, -0.05) is 30.3 Å². The lowest BCUT2D eigenvalue weighted by atomic mass is 10.0. The van der Waals surface area contributed by atoms with Gasteiger partial charge in [-0.3, -0.25) is 9.59 Å². The Hall–Kier alpha value is -3.08. The molecule has 0 spiro atoms. The molecule has 0 bridgehead atoms. The van der Waals surface area contributed by atoms with Gasteiger partial charge in [-0.15, -0.1) is 0 Å². The van der Waals surface area contributed by atoms with E-state index < -0.39 is 12.0 Å². The average molecular weight is 308 g/mol. The van der Waals surface area contributed by atoms with Crippen LogP contribution in [-0.2, 0) is 4.79 Å². The van der Waals surface area contributed by atoms with Gasteiger partial charge in [-0.2, -0.15) is 0 Å². The molecule has 5 heteroatoms. The molecule has 0 radical (unpaired) electrons. The molecular formula is C18H16N2O3. The molecule has 5 nitrogen and oxygen atoms in total. The van der Waals surface area contributed by atoms with Crippen molar-refractivity contribution in [2.24, 2.45) is 0 Å². The first kappa shape index (κ1) is 14.8. The molecule has 116 valence electrons. The number of hydrogen-bond acceptors (Lipinski definition) is 2. The first-order valence-electron chi connectivity index (χ1n) is 7.28. The topological polar surface area (TPSA) is 82.2 Å². The van der Waals surface area contributed by atoms with Crippen LogP contribution in [0.1, 0.15) is 28.4 Å². The van der Waals surface area contributed by atoms with E-state index in [1.54, 1.807) is 12.1 Å². The van der Waals surface area contributed by atoms with E-state index in [1.807, 2.05) is 48.7 Å². The maximum Gasteiger partial charge on any atom is 0.305 e. The van der Waals surface area contributed by atoms with E-state index in [-0.39, 0.29) is 12.3 Å². The second kappa shape index (κ2) is 6.36. The van der Waals surface area contributed by atoms with E-state index in [1.165, 1.54) is 0 Å². The average Bonchev–Trinajstić information content (AvgIpc) is 3.02. The van der Waals surface area contributed by atoms with Crippen LogP contribution in [-0.4, -0.2) is 22.0 Å². The van der Waals surface area contributed by atoms with Crippen molar-refractivity contribution in [3.63, 3.8) is 0 Å². The summed E-state index contributed by atoms with van der Waals surface area (Å²) in [5, 5.41) is 12.8. The van der Waals surface area contributed by atoms with Crippen molar-refractivity contribution in [2.45, 2.75) is 12.5 Å². The highest BCUT2D eigenvalue weighted by molar-refractivity contribution is 5.98. The number of aromatic nitrogens is 1. The van der Waals surface area contributed by atoms with Crippen LogP contribution in [0.3, 0.4) is 0 Å². The molecule has 0 saturated carbocycles. The van der Waals surface area contributed by atoms with Crippen LogP contribution in [0.4, 0.5) is 0 Å². The molecule has 1 atom stereocenters. The highest BCUT2D eigenvalue weighted by Crippen LogP contribution is 2.19. The summed E-state index contributed by atoms with van der Waals surface area (Å²) in [5.41, 5.74) is 2.22. The van der Waals surface area contributed by atoms with E-state index in [0.29, 0.717) is 5.56 Å².